The van der Waals surface area contributed by atoms with E-state index in [1.807, 2.05) is 36.4 Å². The van der Waals surface area contributed by atoms with Crippen molar-refractivity contribution in [2.24, 2.45) is 11.8 Å². The van der Waals surface area contributed by atoms with Gasteiger partial charge in [-0.15, -0.1) is 0 Å². The second kappa shape index (κ2) is 12.4. The van der Waals surface area contributed by atoms with Crippen LogP contribution in [0.3, 0.4) is 0 Å². The van der Waals surface area contributed by atoms with Crippen molar-refractivity contribution < 1.29 is 14.0 Å². The lowest BCUT2D eigenvalue weighted by molar-refractivity contribution is 0.0832. The molecular formula is C32H36FN3O2. The fraction of sp³-hybridized carbons (Fsp3) is 0.406. The van der Waals surface area contributed by atoms with Crippen LogP contribution >= 0.6 is 0 Å². The Labute approximate surface area is 224 Å². The minimum absolute atomic E-state index is 0.0415. The van der Waals surface area contributed by atoms with Crippen LogP contribution in [0.1, 0.15) is 65.8 Å². The number of halogens is 1. The first-order valence-corrected chi connectivity index (χ1v) is 13.9. The Bertz CT molecular complexity index is 1200. The van der Waals surface area contributed by atoms with Crippen LogP contribution in [0, 0.1) is 17.7 Å². The number of nitrogens with zero attached hydrogens (tertiary/aromatic N) is 2. The third-order valence-corrected chi connectivity index (χ3v) is 8.23. The lowest BCUT2D eigenvalue weighted by atomic mass is 9.83. The Hall–Kier alpha value is -3.38. The molecule has 1 aliphatic heterocycles. The molecule has 5 nitrogen and oxygen atoms in total. The number of piperidine rings is 1. The van der Waals surface area contributed by atoms with Gasteiger partial charge in [0.05, 0.1) is 0 Å². The fourth-order valence-electron chi connectivity index (χ4n) is 5.82. The van der Waals surface area contributed by atoms with Crippen molar-refractivity contribution in [3.8, 4) is 11.1 Å². The number of carbonyl (C=O) groups excluding carboxylic acids is 2. The van der Waals surface area contributed by atoms with E-state index in [1.165, 1.54) is 18.6 Å². The number of benzene rings is 2. The zero-order valence-electron chi connectivity index (χ0n) is 21.8. The number of hydrogen-bond acceptors (Lipinski definition) is 4. The Morgan fingerprint density at radius 2 is 1.55 bits per heavy atom. The minimum atomic E-state index is -0.307. The summed E-state index contributed by atoms with van der Waals surface area (Å²) in [5, 5.41) is 3.19. The molecule has 2 aliphatic rings. The van der Waals surface area contributed by atoms with Crippen molar-refractivity contribution in [3.63, 3.8) is 0 Å². The third-order valence-electron chi connectivity index (χ3n) is 8.23. The number of pyridine rings is 1. The second-order valence-electron chi connectivity index (χ2n) is 10.8. The van der Waals surface area contributed by atoms with E-state index in [-0.39, 0.29) is 29.5 Å². The molecule has 198 valence electrons. The molecular weight excluding hydrogens is 477 g/mol. The van der Waals surface area contributed by atoms with E-state index >= 15 is 0 Å². The normalized spacial score (nSPS) is 20.7. The van der Waals surface area contributed by atoms with E-state index in [4.69, 9.17) is 0 Å². The highest BCUT2D eigenvalue weighted by Crippen LogP contribution is 2.29. The van der Waals surface area contributed by atoms with Gasteiger partial charge in [-0.3, -0.25) is 14.6 Å². The van der Waals surface area contributed by atoms with Crippen LogP contribution in [0.15, 0.2) is 72.9 Å². The first kappa shape index (κ1) is 26.2. The van der Waals surface area contributed by atoms with Crippen LogP contribution < -0.4 is 5.32 Å². The molecule has 1 aliphatic carbocycles. The van der Waals surface area contributed by atoms with Gasteiger partial charge in [-0.25, -0.2) is 4.39 Å². The Kier molecular flexibility index (Phi) is 8.59. The summed E-state index contributed by atoms with van der Waals surface area (Å²) >= 11 is 0. The predicted octanol–water partition coefficient (Wildman–Crippen LogP) is 6.16. The predicted molar refractivity (Wildman–Crippen MR) is 147 cm³/mol. The number of amides is 1. The summed E-state index contributed by atoms with van der Waals surface area (Å²) in [7, 11) is 0. The van der Waals surface area contributed by atoms with Crippen LogP contribution in [-0.2, 0) is 0 Å². The zero-order chi connectivity index (χ0) is 26.3. The second-order valence-corrected chi connectivity index (χ2v) is 10.8. The van der Waals surface area contributed by atoms with Gasteiger partial charge in [0.1, 0.15) is 11.5 Å². The van der Waals surface area contributed by atoms with Gasteiger partial charge >= 0.3 is 0 Å². The lowest BCUT2D eigenvalue weighted by Gasteiger charge is -2.34. The van der Waals surface area contributed by atoms with E-state index in [2.05, 4.69) is 15.2 Å². The van der Waals surface area contributed by atoms with Crippen molar-refractivity contribution in [2.45, 2.75) is 51.0 Å². The van der Waals surface area contributed by atoms with Crippen molar-refractivity contribution in [3.05, 3.63) is 90.0 Å². The average molecular weight is 514 g/mol. The topological polar surface area (TPSA) is 62.3 Å². The van der Waals surface area contributed by atoms with Crippen molar-refractivity contribution in [2.75, 3.05) is 19.6 Å². The molecule has 1 aromatic heterocycles. The highest BCUT2D eigenvalue weighted by atomic mass is 19.1. The standard InChI is InChI=1S/C32H36FN3O2/c33-28-11-8-25(9-12-28)31(37)26-17-20-36(21-18-26)19-16-23-6-13-29(14-7-23)35-32(38)30-15-10-27(22-34-30)24-4-2-1-3-5-24/h1-5,8-12,15,22-23,26,29H,6-7,13-14,16-21H2,(H,35,38)/t23-,29-. The Morgan fingerprint density at radius 3 is 2.21 bits per heavy atom. The summed E-state index contributed by atoms with van der Waals surface area (Å²) < 4.78 is 13.2. The minimum Gasteiger partial charge on any atom is -0.348 e. The molecule has 2 fully saturated rings. The van der Waals surface area contributed by atoms with Gasteiger partial charge in [0.15, 0.2) is 5.78 Å². The molecule has 3 aromatic rings. The van der Waals surface area contributed by atoms with Gasteiger partial charge < -0.3 is 10.2 Å². The molecule has 1 saturated heterocycles. The monoisotopic (exact) mass is 513 g/mol. The molecule has 38 heavy (non-hydrogen) atoms. The number of carbonyl (C=O) groups is 2. The summed E-state index contributed by atoms with van der Waals surface area (Å²) in [6.45, 7) is 2.95. The largest absolute Gasteiger partial charge is 0.348 e. The van der Waals surface area contributed by atoms with Crippen molar-refractivity contribution in [1.82, 2.24) is 15.2 Å². The number of ketones is 1. The third kappa shape index (κ3) is 6.73. The maximum Gasteiger partial charge on any atom is 0.270 e. The number of likely N-dealkylation sites (tertiary alicyclic amines) is 1. The highest BCUT2D eigenvalue weighted by molar-refractivity contribution is 5.97. The first-order valence-electron chi connectivity index (χ1n) is 13.9. The maximum absolute atomic E-state index is 13.2. The summed E-state index contributed by atoms with van der Waals surface area (Å²) in [5.41, 5.74) is 3.18. The number of hydrogen-bond donors (Lipinski definition) is 1. The van der Waals surface area contributed by atoms with E-state index in [1.54, 1.807) is 24.4 Å². The molecule has 2 heterocycles. The molecule has 6 heteroatoms. The quantitative estimate of drug-likeness (QED) is 0.367. The number of nitrogens with one attached hydrogen (secondary N) is 1. The van der Waals surface area contributed by atoms with Gasteiger partial charge in [-0.2, -0.15) is 0 Å². The van der Waals surface area contributed by atoms with Crippen LogP contribution in [0.25, 0.3) is 11.1 Å². The van der Waals surface area contributed by atoms with Crippen LogP contribution in [0.5, 0.6) is 0 Å². The molecule has 5 rings (SSSR count). The van der Waals surface area contributed by atoms with E-state index in [0.717, 1.165) is 69.3 Å². The fourth-order valence-corrected chi connectivity index (χ4v) is 5.82. The molecule has 0 unspecified atom stereocenters. The highest BCUT2D eigenvalue weighted by Gasteiger charge is 2.27. The van der Waals surface area contributed by atoms with Crippen molar-refractivity contribution in [1.29, 1.82) is 0 Å². The van der Waals surface area contributed by atoms with Gasteiger partial charge in [0.2, 0.25) is 0 Å². The molecule has 0 radical (unpaired) electrons. The summed E-state index contributed by atoms with van der Waals surface area (Å²) in [6.07, 6.45) is 8.95. The average Bonchev–Trinajstić information content (AvgIpc) is 2.97. The number of rotatable bonds is 8. The van der Waals surface area contributed by atoms with Crippen LogP contribution in [0.2, 0.25) is 0 Å². The molecule has 0 spiro atoms. The SMILES string of the molecule is O=C(N[C@H]1CC[C@H](CCN2CCC(C(=O)c3ccc(F)cc3)CC2)CC1)c1ccc(-c2ccccc2)cn1. The van der Waals surface area contributed by atoms with Crippen LogP contribution in [0.4, 0.5) is 4.39 Å². The molecule has 1 amide bonds. The van der Waals surface area contributed by atoms with Gasteiger partial charge in [-0.05, 0) is 106 Å². The van der Waals surface area contributed by atoms with E-state index < -0.39 is 0 Å². The summed E-state index contributed by atoms with van der Waals surface area (Å²) in [5.74, 6) is 0.474. The first-order chi connectivity index (χ1) is 18.5. The molecule has 1 N–H and O–H groups in total. The zero-order valence-corrected chi connectivity index (χ0v) is 21.8. The van der Waals surface area contributed by atoms with E-state index in [9.17, 15) is 14.0 Å². The summed E-state index contributed by atoms with van der Waals surface area (Å²) in [6, 6.07) is 19.9. The van der Waals surface area contributed by atoms with Gasteiger partial charge in [0, 0.05) is 29.3 Å². The Balaban J connectivity index is 1.00. The molecule has 0 bridgehead atoms. The maximum atomic E-state index is 13.2. The number of aromatic nitrogens is 1. The smallest absolute Gasteiger partial charge is 0.270 e. The molecule has 0 atom stereocenters. The van der Waals surface area contributed by atoms with Gasteiger partial charge in [0.25, 0.3) is 5.91 Å². The van der Waals surface area contributed by atoms with E-state index in [0.29, 0.717) is 17.2 Å². The van der Waals surface area contributed by atoms with Gasteiger partial charge in [-0.1, -0.05) is 36.4 Å². The van der Waals surface area contributed by atoms with Crippen LogP contribution in [-0.4, -0.2) is 47.3 Å². The Morgan fingerprint density at radius 1 is 0.842 bits per heavy atom. The summed E-state index contributed by atoms with van der Waals surface area (Å²) in [4.78, 5) is 32.3. The molecule has 2 aromatic carbocycles. The number of Topliss-reactive ketones (excluding diaryl/α,β-unsaturated/α-hetero) is 1. The lowest BCUT2D eigenvalue weighted by Crippen LogP contribution is -2.39. The van der Waals surface area contributed by atoms with Crippen molar-refractivity contribution >= 4 is 11.7 Å². The molecule has 1 saturated carbocycles.